The average Bonchev–Trinajstić information content (AvgIpc) is 2.76. The summed E-state index contributed by atoms with van der Waals surface area (Å²) in [5, 5.41) is 5.97. The predicted octanol–water partition coefficient (Wildman–Crippen LogP) is 2.65. The first-order valence-corrected chi connectivity index (χ1v) is 5.99. The Morgan fingerprint density at radius 1 is 1.39 bits per heavy atom. The Hall–Kier alpha value is -0.550. The fraction of sp³-hybridized carbons (Fsp3) is 0.364. The van der Waals surface area contributed by atoms with Gasteiger partial charge in [-0.1, -0.05) is 23.2 Å². The lowest BCUT2D eigenvalue weighted by Gasteiger charge is -2.12. The van der Waals surface area contributed by atoms with Crippen molar-refractivity contribution in [1.29, 1.82) is 0 Å². The molecule has 1 atom stereocenters. The average molecular weight is 314 g/mol. The van der Waals surface area contributed by atoms with Crippen LogP contribution in [-0.4, -0.2) is 25.0 Å². The van der Waals surface area contributed by atoms with Gasteiger partial charge in [-0.15, -0.1) is 12.4 Å². The highest BCUT2D eigenvalue weighted by Crippen LogP contribution is 2.24. The van der Waals surface area contributed by atoms with Crippen LogP contribution in [0.3, 0.4) is 0 Å². The number of amides is 1. The number of hydrogen-bond acceptors (Lipinski definition) is 2. The van der Waals surface area contributed by atoms with Gasteiger partial charge in [-0.05, 0) is 25.1 Å². The van der Waals surface area contributed by atoms with Gasteiger partial charge in [0.2, 0.25) is 0 Å². The summed E-state index contributed by atoms with van der Waals surface area (Å²) >= 11 is 11.4. The van der Waals surface area contributed by atoms with Gasteiger partial charge in [0.15, 0.2) is 0 Å². The first-order chi connectivity index (χ1) is 8.08. The number of carbonyl (C=O) groups excluding carboxylic acids is 1. The number of nitrogens with one attached hydrogen (secondary N) is 2. The molecule has 1 saturated heterocycles. The van der Waals surface area contributed by atoms with Gasteiger partial charge >= 0.3 is 0 Å². The van der Waals surface area contributed by atoms with Crippen molar-refractivity contribution in [1.82, 2.24) is 10.6 Å². The van der Waals surface area contributed by atoms with Crippen LogP contribution in [0.2, 0.25) is 10.0 Å². The van der Waals surface area contributed by atoms with E-state index in [0.29, 0.717) is 0 Å². The fourth-order valence-electron chi connectivity index (χ4n) is 1.74. The molecule has 1 aliphatic heterocycles. The van der Waals surface area contributed by atoms with Crippen LogP contribution < -0.4 is 10.6 Å². The van der Waals surface area contributed by atoms with Gasteiger partial charge < -0.3 is 10.6 Å². The van der Waals surface area contributed by atoms with Gasteiger partial charge in [0.25, 0.3) is 5.91 Å². The molecule has 100 valence electrons. The second-order valence-corrected chi connectivity index (χ2v) is 4.72. The number of rotatable bonds is 2. The van der Waals surface area contributed by atoms with Crippen molar-refractivity contribution < 1.29 is 9.18 Å². The zero-order valence-electron chi connectivity index (χ0n) is 9.30. The van der Waals surface area contributed by atoms with Crippen LogP contribution in [0, 0.1) is 5.82 Å². The van der Waals surface area contributed by atoms with Crippen LogP contribution in [0.25, 0.3) is 0 Å². The van der Waals surface area contributed by atoms with E-state index < -0.39 is 5.82 Å². The Balaban J connectivity index is 0.00000162. The molecule has 0 spiro atoms. The van der Waals surface area contributed by atoms with Crippen molar-refractivity contribution >= 4 is 41.5 Å². The fourth-order valence-corrected chi connectivity index (χ4v) is 2.21. The van der Waals surface area contributed by atoms with Crippen LogP contribution in [0.4, 0.5) is 4.39 Å². The molecule has 2 N–H and O–H groups in total. The molecule has 0 aromatic heterocycles. The molecule has 2 rings (SSSR count). The van der Waals surface area contributed by atoms with E-state index in [1.807, 2.05) is 0 Å². The van der Waals surface area contributed by atoms with Gasteiger partial charge in [0.05, 0.1) is 15.6 Å². The van der Waals surface area contributed by atoms with E-state index in [-0.39, 0.29) is 40.0 Å². The summed E-state index contributed by atoms with van der Waals surface area (Å²) in [5.74, 6) is -1.02. The third kappa shape index (κ3) is 3.48. The van der Waals surface area contributed by atoms with Crippen LogP contribution in [0.5, 0.6) is 0 Å². The molecule has 0 bridgehead atoms. The van der Waals surface area contributed by atoms with Crippen LogP contribution >= 0.6 is 35.6 Å². The van der Waals surface area contributed by atoms with Gasteiger partial charge in [0, 0.05) is 12.6 Å². The Labute approximate surface area is 120 Å². The predicted molar refractivity (Wildman–Crippen MR) is 72.4 cm³/mol. The molecule has 0 aliphatic carbocycles. The number of halogens is 4. The summed E-state index contributed by atoms with van der Waals surface area (Å²) in [6.45, 7) is 1.59. The van der Waals surface area contributed by atoms with Gasteiger partial charge in [0.1, 0.15) is 5.82 Å². The monoisotopic (exact) mass is 312 g/mol. The van der Waals surface area contributed by atoms with Gasteiger partial charge in [-0.2, -0.15) is 0 Å². The number of carbonyl (C=O) groups is 1. The molecule has 1 fully saturated rings. The Kier molecular flexibility index (Phi) is 5.66. The Morgan fingerprint density at radius 2 is 2.11 bits per heavy atom. The first-order valence-electron chi connectivity index (χ1n) is 5.24. The largest absolute Gasteiger partial charge is 0.348 e. The van der Waals surface area contributed by atoms with Crippen molar-refractivity contribution in [2.24, 2.45) is 0 Å². The van der Waals surface area contributed by atoms with Crippen molar-refractivity contribution in [3.63, 3.8) is 0 Å². The lowest BCUT2D eigenvalue weighted by Crippen LogP contribution is -2.36. The highest BCUT2D eigenvalue weighted by molar-refractivity contribution is 6.36. The lowest BCUT2D eigenvalue weighted by atomic mass is 10.1. The summed E-state index contributed by atoms with van der Waals surface area (Å²) in [4.78, 5) is 11.9. The van der Waals surface area contributed by atoms with Gasteiger partial charge in [-0.25, -0.2) is 4.39 Å². The molecule has 0 saturated carbocycles. The summed E-state index contributed by atoms with van der Waals surface area (Å²) in [7, 11) is 0. The lowest BCUT2D eigenvalue weighted by molar-refractivity contribution is 0.0940. The Morgan fingerprint density at radius 3 is 2.72 bits per heavy atom. The molecule has 0 radical (unpaired) electrons. The summed E-state index contributed by atoms with van der Waals surface area (Å²) < 4.78 is 13.3. The quantitative estimate of drug-likeness (QED) is 0.824. The third-order valence-electron chi connectivity index (χ3n) is 2.65. The Bertz CT molecular complexity index is 450. The van der Waals surface area contributed by atoms with Gasteiger partial charge in [-0.3, -0.25) is 4.79 Å². The van der Waals surface area contributed by atoms with E-state index in [4.69, 9.17) is 23.2 Å². The summed E-state index contributed by atoms with van der Waals surface area (Å²) in [6, 6.07) is 2.36. The molecule has 3 nitrogen and oxygen atoms in total. The molecule has 1 heterocycles. The number of benzene rings is 1. The van der Waals surface area contributed by atoms with E-state index >= 15 is 0 Å². The first kappa shape index (κ1) is 15.5. The number of hydrogen-bond donors (Lipinski definition) is 2. The maximum Gasteiger partial charge on any atom is 0.253 e. The molecule has 1 aromatic carbocycles. The normalized spacial score (nSPS) is 18.3. The van der Waals surface area contributed by atoms with Crippen molar-refractivity contribution in [2.45, 2.75) is 12.5 Å². The van der Waals surface area contributed by atoms with E-state index in [2.05, 4.69) is 10.6 Å². The topological polar surface area (TPSA) is 41.1 Å². The maximum atomic E-state index is 13.3. The SMILES string of the molecule is Cl.O=C(NC1CCNC1)c1cc(F)c(Cl)cc1Cl. The van der Waals surface area contributed by atoms with Crippen LogP contribution in [0.15, 0.2) is 12.1 Å². The minimum absolute atomic E-state index is 0. The highest BCUT2D eigenvalue weighted by Gasteiger charge is 2.20. The standard InChI is InChI=1S/C11H11Cl2FN2O.ClH/c12-8-4-9(13)10(14)3-7(8)11(17)16-6-1-2-15-5-6;/h3-4,6,15H,1-2,5H2,(H,16,17);1H. The van der Waals surface area contributed by atoms with E-state index in [9.17, 15) is 9.18 Å². The maximum absolute atomic E-state index is 13.3. The third-order valence-corrected chi connectivity index (χ3v) is 3.25. The summed E-state index contributed by atoms with van der Waals surface area (Å²) in [5.41, 5.74) is 0.112. The zero-order valence-corrected chi connectivity index (χ0v) is 11.6. The van der Waals surface area contributed by atoms with Crippen molar-refractivity contribution in [2.75, 3.05) is 13.1 Å². The molecule has 7 heteroatoms. The van der Waals surface area contributed by atoms with Crippen LogP contribution in [-0.2, 0) is 0 Å². The van der Waals surface area contributed by atoms with Crippen LogP contribution in [0.1, 0.15) is 16.8 Å². The highest BCUT2D eigenvalue weighted by atomic mass is 35.5. The minimum atomic E-state index is -0.647. The molecule has 1 aromatic rings. The molecule has 1 amide bonds. The minimum Gasteiger partial charge on any atom is -0.348 e. The second kappa shape index (κ2) is 6.57. The van der Waals surface area contributed by atoms with E-state index in [1.54, 1.807) is 0 Å². The second-order valence-electron chi connectivity index (χ2n) is 3.91. The molecular formula is C11H12Cl3FN2O. The molecule has 1 unspecified atom stereocenters. The van der Waals surface area contributed by atoms with E-state index in [0.717, 1.165) is 25.6 Å². The molecular weight excluding hydrogens is 301 g/mol. The molecule has 18 heavy (non-hydrogen) atoms. The zero-order chi connectivity index (χ0) is 12.4. The van der Waals surface area contributed by atoms with E-state index in [1.165, 1.54) is 6.07 Å². The van der Waals surface area contributed by atoms with Crippen molar-refractivity contribution in [3.05, 3.63) is 33.6 Å². The summed E-state index contributed by atoms with van der Waals surface area (Å²) in [6.07, 6.45) is 0.861. The smallest absolute Gasteiger partial charge is 0.253 e. The molecule has 1 aliphatic rings. The van der Waals surface area contributed by atoms with Crippen molar-refractivity contribution in [3.8, 4) is 0 Å².